The Bertz CT molecular complexity index is 966. The topological polar surface area (TPSA) is 59.3 Å². The Morgan fingerprint density at radius 3 is 2.67 bits per heavy atom. The summed E-state index contributed by atoms with van der Waals surface area (Å²) < 4.78 is 1.68. The molecule has 4 rings (SSSR count). The highest BCUT2D eigenvalue weighted by molar-refractivity contribution is 7.99. The average Bonchev–Trinajstić information content (AvgIpc) is 3.14. The number of hydrogen-bond acceptors (Lipinski definition) is 5. The van der Waals surface area contributed by atoms with E-state index in [0.29, 0.717) is 16.3 Å². The van der Waals surface area contributed by atoms with Crippen LogP contribution in [0.1, 0.15) is 0 Å². The molecule has 1 aromatic heterocycles. The summed E-state index contributed by atoms with van der Waals surface area (Å²) in [6.45, 7) is 1.69. The molecule has 0 bridgehead atoms. The first-order valence-corrected chi connectivity index (χ1v) is 8.79. The molecule has 1 N–H and O–H groups in total. The zero-order valence-electron chi connectivity index (χ0n) is 13.0. The van der Waals surface area contributed by atoms with E-state index in [9.17, 15) is 4.79 Å². The maximum atomic E-state index is 13.0. The minimum Gasteiger partial charge on any atom is -0.371 e. The third kappa shape index (κ3) is 2.80. The third-order valence-electron chi connectivity index (χ3n) is 3.84. The fourth-order valence-electron chi connectivity index (χ4n) is 2.69. The molecule has 24 heavy (non-hydrogen) atoms. The molecule has 0 amide bonds. The van der Waals surface area contributed by atoms with Crippen molar-refractivity contribution < 1.29 is 0 Å². The van der Waals surface area contributed by atoms with Crippen molar-refractivity contribution in [3.05, 3.63) is 65.0 Å². The monoisotopic (exact) mass is 336 g/mol. The largest absolute Gasteiger partial charge is 0.371 e. The fraction of sp³-hybridized carbons (Fsp3) is 0.167. The van der Waals surface area contributed by atoms with E-state index < -0.39 is 0 Å². The lowest BCUT2D eigenvalue weighted by molar-refractivity contribution is 0.821. The minimum atomic E-state index is -0.0457. The Morgan fingerprint density at radius 1 is 1.08 bits per heavy atom. The van der Waals surface area contributed by atoms with Gasteiger partial charge in [-0.25, -0.2) is 4.98 Å². The van der Waals surface area contributed by atoms with Gasteiger partial charge in [-0.1, -0.05) is 42.1 Å². The lowest BCUT2D eigenvalue weighted by atomic mass is 10.2. The highest BCUT2D eigenvalue weighted by atomic mass is 32.2. The van der Waals surface area contributed by atoms with Gasteiger partial charge in [0, 0.05) is 6.54 Å². The van der Waals surface area contributed by atoms with E-state index in [1.807, 2.05) is 54.6 Å². The van der Waals surface area contributed by atoms with Gasteiger partial charge in [0.05, 0.1) is 28.9 Å². The van der Waals surface area contributed by atoms with Crippen LogP contribution in [-0.4, -0.2) is 34.2 Å². The van der Waals surface area contributed by atoms with E-state index in [-0.39, 0.29) is 5.56 Å². The maximum absolute atomic E-state index is 13.0. The van der Waals surface area contributed by atoms with Crippen LogP contribution in [0.2, 0.25) is 0 Å². The van der Waals surface area contributed by atoms with Crippen molar-refractivity contribution in [3.8, 4) is 5.69 Å². The molecule has 1 aliphatic rings. The average molecular weight is 336 g/mol. The van der Waals surface area contributed by atoms with E-state index in [1.165, 1.54) is 11.8 Å². The number of para-hydroxylation sites is 2. The molecule has 0 unspecified atom stereocenters. The Morgan fingerprint density at radius 2 is 1.88 bits per heavy atom. The Balaban J connectivity index is 1.84. The summed E-state index contributed by atoms with van der Waals surface area (Å²) in [5, 5.41) is 4.56. The second-order valence-corrected chi connectivity index (χ2v) is 6.37. The number of amidine groups is 1. The van der Waals surface area contributed by atoms with Crippen LogP contribution in [0.5, 0.6) is 0 Å². The van der Waals surface area contributed by atoms with Crippen LogP contribution in [0.3, 0.4) is 0 Å². The Kier molecular flexibility index (Phi) is 4.04. The van der Waals surface area contributed by atoms with Crippen molar-refractivity contribution in [2.75, 3.05) is 18.8 Å². The number of hydrogen-bond donors (Lipinski definition) is 1. The Hall–Kier alpha value is -2.60. The molecule has 2 heterocycles. The van der Waals surface area contributed by atoms with Crippen LogP contribution in [0.4, 0.5) is 0 Å². The first-order valence-electron chi connectivity index (χ1n) is 7.80. The molecule has 0 aliphatic carbocycles. The summed E-state index contributed by atoms with van der Waals surface area (Å²) >= 11 is 1.53. The number of aromatic nitrogens is 2. The molecule has 120 valence electrons. The molecular formula is C18H16N4OS. The third-order valence-corrected chi connectivity index (χ3v) is 4.79. The molecule has 2 aromatic carbocycles. The molecule has 0 atom stereocenters. The van der Waals surface area contributed by atoms with Crippen molar-refractivity contribution in [1.29, 1.82) is 0 Å². The molecule has 0 radical (unpaired) electrons. The predicted molar refractivity (Wildman–Crippen MR) is 98.4 cm³/mol. The van der Waals surface area contributed by atoms with Gasteiger partial charge < -0.3 is 5.32 Å². The molecule has 1 aliphatic heterocycles. The van der Waals surface area contributed by atoms with Crippen molar-refractivity contribution in [1.82, 2.24) is 14.9 Å². The first-order chi connectivity index (χ1) is 11.8. The number of benzene rings is 2. The lowest BCUT2D eigenvalue weighted by Gasteiger charge is -2.13. The van der Waals surface area contributed by atoms with Gasteiger partial charge in [0.25, 0.3) is 5.56 Å². The molecule has 6 heteroatoms. The number of fused-ring (bicyclic) bond motifs is 1. The van der Waals surface area contributed by atoms with Crippen molar-refractivity contribution in [2.24, 2.45) is 4.99 Å². The molecule has 5 nitrogen and oxygen atoms in total. The van der Waals surface area contributed by atoms with E-state index in [0.717, 1.165) is 30.1 Å². The van der Waals surface area contributed by atoms with Crippen molar-refractivity contribution in [3.63, 3.8) is 0 Å². The smallest absolute Gasteiger partial charge is 0.266 e. The summed E-state index contributed by atoms with van der Waals surface area (Å²) in [4.78, 5) is 22.1. The summed E-state index contributed by atoms with van der Waals surface area (Å²) in [6, 6.07) is 17.1. The van der Waals surface area contributed by atoms with Gasteiger partial charge in [0.15, 0.2) is 5.16 Å². The number of thioether (sulfide) groups is 1. The van der Waals surface area contributed by atoms with E-state index in [1.54, 1.807) is 4.57 Å². The number of rotatable bonds is 4. The zero-order chi connectivity index (χ0) is 16.4. The highest BCUT2D eigenvalue weighted by Gasteiger charge is 2.14. The van der Waals surface area contributed by atoms with Crippen molar-refractivity contribution >= 4 is 28.5 Å². The quantitative estimate of drug-likeness (QED) is 0.587. The molecule has 3 aromatic rings. The van der Waals surface area contributed by atoms with E-state index in [4.69, 9.17) is 4.98 Å². The van der Waals surface area contributed by atoms with Crippen LogP contribution < -0.4 is 10.9 Å². The molecular weight excluding hydrogens is 320 g/mol. The summed E-state index contributed by atoms with van der Waals surface area (Å²) in [5.74, 6) is 1.64. The molecule has 0 fully saturated rings. The van der Waals surface area contributed by atoms with Crippen LogP contribution >= 0.6 is 11.8 Å². The van der Waals surface area contributed by atoms with Crippen molar-refractivity contribution in [2.45, 2.75) is 5.16 Å². The second kappa shape index (κ2) is 6.49. The van der Waals surface area contributed by atoms with E-state index >= 15 is 0 Å². The van der Waals surface area contributed by atoms with Gasteiger partial charge in [-0.3, -0.25) is 14.4 Å². The predicted octanol–water partition coefficient (Wildman–Crippen LogP) is 2.48. The summed E-state index contributed by atoms with van der Waals surface area (Å²) in [6.07, 6.45) is 0. The highest BCUT2D eigenvalue weighted by Crippen LogP contribution is 2.21. The van der Waals surface area contributed by atoms with Gasteiger partial charge in [-0.05, 0) is 24.3 Å². The maximum Gasteiger partial charge on any atom is 0.266 e. The van der Waals surface area contributed by atoms with Gasteiger partial charge in [0.1, 0.15) is 5.84 Å². The molecule has 0 saturated carbocycles. The SMILES string of the molecule is O=c1c2ccccc2nc(SCC2=NCCN2)n1-c1ccccc1. The summed E-state index contributed by atoms with van der Waals surface area (Å²) in [5.41, 5.74) is 1.50. The normalized spacial score (nSPS) is 13.8. The summed E-state index contributed by atoms with van der Waals surface area (Å²) in [7, 11) is 0. The molecule has 0 saturated heterocycles. The first kappa shape index (κ1) is 15.0. The number of nitrogens with one attached hydrogen (secondary N) is 1. The minimum absolute atomic E-state index is 0.0457. The van der Waals surface area contributed by atoms with Crippen LogP contribution in [0.25, 0.3) is 16.6 Å². The lowest BCUT2D eigenvalue weighted by Crippen LogP contribution is -2.24. The second-order valence-electron chi connectivity index (χ2n) is 5.43. The van der Waals surface area contributed by atoms with Crippen LogP contribution in [-0.2, 0) is 0 Å². The molecule has 0 spiro atoms. The van der Waals surface area contributed by atoms with Crippen LogP contribution in [0, 0.1) is 0 Å². The zero-order valence-corrected chi connectivity index (χ0v) is 13.8. The number of nitrogens with zero attached hydrogens (tertiary/aromatic N) is 3. The Labute approximate surface area is 143 Å². The van der Waals surface area contributed by atoms with Gasteiger partial charge in [0.2, 0.25) is 0 Å². The number of aliphatic imine (C=N–C) groups is 1. The van der Waals surface area contributed by atoms with E-state index in [2.05, 4.69) is 10.3 Å². The van der Waals surface area contributed by atoms with Crippen LogP contribution in [0.15, 0.2) is 69.5 Å². The standard InChI is InChI=1S/C18H16N4OS/c23-17-14-8-4-5-9-15(14)21-18(24-12-16-19-10-11-20-16)22(17)13-6-2-1-3-7-13/h1-9H,10-12H2,(H,19,20). The van der Waals surface area contributed by atoms with Gasteiger partial charge in [-0.15, -0.1) is 0 Å². The fourth-order valence-corrected chi connectivity index (χ4v) is 3.63. The van der Waals surface area contributed by atoms with Gasteiger partial charge in [-0.2, -0.15) is 0 Å². The van der Waals surface area contributed by atoms with Gasteiger partial charge >= 0.3 is 0 Å².